The minimum atomic E-state index is -5.10. The fourth-order valence-corrected chi connectivity index (χ4v) is 4.65. The Labute approximate surface area is 145 Å². The van der Waals surface area contributed by atoms with E-state index in [0.717, 1.165) is 5.56 Å². The van der Waals surface area contributed by atoms with Gasteiger partial charge < -0.3 is 14.5 Å². The molecule has 3 N–H and O–H groups in total. The maximum absolute atomic E-state index is 11.5. The Kier molecular flexibility index (Phi) is 6.31. The first-order valence-corrected chi connectivity index (χ1v) is 10.5. The molecule has 1 aromatic carbocycles. The normalized spacial score (nSPS) is 14.7. The van der Waals surface area contributed by atoms with Gasteiger partial charge in [0.2, 0.25) is 5.88 Å². The van der Waals surface area contributed by atoms with Crippen molar-refractivity contribution in [3.05, 3.63) is 60.3 Å². The summed E-state index contributed by atoms with van der Waals surface area (Å²) >= 11 is 0. The van der Waals surface area contributed by atoms with Crippen molar-refractivity contribution in [2.45, 2.75) is 23.9 Å². The summed E-state index contributed by atoms with van der Waals surface area (Å²) < 4.78 is 49.1. The van der Waals surface area contributed by atoms with Crippen LogP contribution in [-0.2, 0) is 21.1 Å². The van der Waals surface area contributed by atoms with Crippen LogP contribution >= 0.6 is 7.60 Å². The lowest BCUT2D eigenvalue weighted by Gasteiger charge is -2.23. The van der Waals surface area contributed by atoms with Crippen LogP contribution in [0.4, 0.5) is 0 Å². The molecule has 10 heteroatoms. The molecule has 2 aromatic rings. The van der Waals surface area contributed by atoms with Crippen LogP contribution in [0, 0.1) is 0 Å². The second-order valence-electron chi connectivity index (χ2n) is 5.39. The van der Waals surface area contributed by atoms with Crippen LogP contribution in [0.15, 0.2) is 54.7 Å². The van der Waals surface area contributed by atoms with Gasteiger partial charge in [0.1, 0.15) is 6.10 Å². The van der Waals surface area contributed by atoms with Crippen LogP contribution < -0.4 is 4.74 Å². The van der Waals surface area contributed by atoms with Gasteiger partial charge in [-0.05, 0) is 11.6 Å². The molecule has 0 radical (unpaired) electrons. The van der Waals surface area contributed by atoms with E-state index < -0.39 is 35.2 Å². The third-order valence-corrected chi connectivity index (χ3v) is 6.88. The zero-order valence-corrected chi connectivity index (χ0v) is 14.8. The molecule has 1 aromatic heterocycles. The Morgan fingerprint density at radius 3 is 2.24 bits per heavy atom. The fourth-order valence-electron chi connectivity index (χ4n) is 2.29. The molecule has 1 heterocycles. The number of hydrogen-bond donors (Lipinski definition) is 3. The van der Waals surface area contributed by atoms with Crippen molar-refractivity contribution in [1.29, 1.82) is 0 Å². The topological polar surface area (TPSA) is 134 Å². The Morgan fingerprint density at radius 2 is 1.72 bits per heavy atom. The standard InChI is InChI=1S/C15H18NO7PS/c17-24(18,19)15(25(20,21)22)11-13(10-12-6-2-1-3-7-12)23-14-8-4-5-9-16-14/h1-9,13,15H,10-11H2,(H2,17,18,19)(H,20,21,22). The van der Waals surface area contributed by atoms with E-state index in [9.17, 15) is 27.3 Å². The number of aromatic nitrogens is 1. The van der Waals surface area contributed by atoms with Crippen molar-refractivity contribution < 1.29 is 32.1 Å². The molecule has 0 aliphatic heterocycles. The lowest BCUT2D eigenvalue weighted by molar-refractivity contribution is 0.183. The monoisotopic (exact) mass is 387 g/mol. The van der Waals surface area contributed by atoms with Gasteiger partial charge in [-0.3, -0.25) is 9.12 Å². The van der Waals surface area contributed by atoms with Crippen LogP contribution in [0.2, 0.25) is 0 Å². The number of hydrogen-bond acceptors (Lipinski definition) is 5. The van der Waals surface area contributed by atoms with Gasteiger partial charge in [-0.15, -0.1) is 0 Å². The molecule has 0 saturated heterocycles. The predicted octanol–water partition coefficient (Wildman–Crippen LogP) is 1.85. The first-order chi connectivity index (χ1) is 11.7. The number of ether oxygens (including phenoxy) is 1. The zero-order valence-electron chi connectivity index (χ0n) is 13.0. The minimum absolute atomic E-state index is 0.184. The van der Waals surface area contributed by atoms with E-state index in [0.29, 0.717) is 0 Å². The molecule has 0 amide bonds. The lowest BCUT2D eigenvalue weighted by Crippen LogP contribution is -2.31. The molecular weight excluding hydrogens is 369 g/mol. The van der Waals surface area contributed by atoms with Crippen molar-refractivity contribution in [1.82, 2.24) is 4.98 Å². The summed E-state index contributed by atoms with van der Waals surface area (Å²) in [5.41, 5.74) is 0.781. The average Bonchev–Trinajstić information content (AvgIpc) is 2.52. The molecule has 0 aliphatic carbocycles. The summed E-state index contributed by atoms with van der Waals surface area (Å²) in [6.45, 7) is 0. The smallest absolute Gasteiger partial charge is 0.346 e. The van der Waals surface area contributed by atoms with Gasteiger partial charge in [0, 0.05) is 25.1 Å². The van der Waals surface area contributed by atoms with Gasteiger partial charge >= 0.3 is 7.60 Å². The van der Waals surface area contributed by atoms with E-state index in [1.165, 1.54) is 12.3 Å². The highest BCUT2D eigenvalue weighted by Crippen LogP contribution is 2.46. The van der Waals surface area contributed by atoms with Crippen LogP contribution in [-0.4, -0.2) is 38.8 Å². The minimum Gasteiger partial charge on any atom is -0.474 e. The van der Waals surface area contributed by atoms with Gasteiger partial charge in [0.15, 0.2) is 4.99 Å². The van der Waals surface area contributed by atoms with Crippen LogP contribution in [0.5, 0.6) is 5.88 Å². The maximum atomic E-state index is 11.5. The van der Waals surface area contributed by atoms with Crippen molar-refractivity contribution in [3.63, 3.8) is 0 Å². The highest BCUT2D eigenvalue weighted by atomic mass is 32.2. The molecule has 0 bridgehead atoms. The summed E-state index contributed by atoms with van der Waals surface area (Å²) in [4.78, 5) is 20.3. The van der Waals surface area contributed by atoms with Gasteiger partial charge in [0.25, 0.3) is 10.1 Å². The van der Waals surface area contributed by atoms with Crippen molar-refractivity contribution in [2.24, 2.45) is 0 Å². The quantitative estimate of drug-likeness (QED) is 0.461. The van der Waals surface area contributed by atoms with E-state index in [2.05, 4.69) is 4.98 Å². The van der Waals surface area contributed by atoms with Gasteiger partial charge in [-0.2, -0.15) is 8.42 Å². The molecule has 2 rings (SSSR count). The van der Waals surface area contributed by atoms with E-state index in [1.807, 2.05) is 0 Å². The SMILES string of the molecule is O=P(O)(O)C(CC(Cc1ccccc1)Oc1ccccn1)S(=O)(=O)O. The summed E-state index contributed by atoms with van der Waals surface area (Å²) in [7, 11) is -10.1. The molecule has 0 saturated carbocycles. The number of rotatable bonds is 8. The molecule has 0 spiro atoms. The molecule has 0 aliphatic rings. The fraction of sp³-hybridized carbons (Fsp3) is 0.267. The Bertz CT molecular complexity index is 782. The Balaban J connectivity index is 2.28. The van der Waals surface area contributed by atoms with Crippen molar-refractivity contribution >= 4 is 17.7 Å². The average molecular weight is 387 g/mol. The second-order valence-corrected chi connectivity index (χ2v) is 9.14. The predicted molar refractivity (Wildman–Crippen MR) is 90.8 cm³/mol. The summed E-state index contributed by atoms with van der Waals surface area (Å²) in [5.74, 6) is 0.184. The molecule has 0 fully saturated rings. The van der Waals surface area contributed by atoms with Crippen LogP contribution in [0.3, 0.4) is 0 Å². The third-order valence-electron chi connectivity index (χ3n) is 3.41. The maximum Gasteiger partial charge on any atom is 0.346 e. The molecular formula is C15H18NO7PS. The Hall–Kier alpha value is -1.77. The largest absolute Gasteiger partial charge is 0.474 e. The summed E-state index contributed by atoms with van der Waals surface area (Å²) in [6, 6.07) is 13.8. The van der Waals surface area contributed by atoms with E-state index >= 15 is 0 Å². The first-order valence-electron chi connectivity index (χ1n) is 7.29. The van der Waals surface area contributed by atoms with Crippen molar-refractivity contribution in [3.8, 4) is 5.88 Å². The highest BCUT2D eigenvalue weighted by molar-refractivity contribution is 7.93. The van der Waals surface area contributed by atoms with E-state index in [-0.39, 0.29) is 12.3 Å². The highest BCUT2D eigenvalue weighted by Gasteiger charge is 2.42. The van der Waals surface area contributed by atoms with Gasteiger partial charge in [-0.25, -0.2) is 4.98 Å². The number of benzene rings is 1. The van der Waals surface area contributed by atoms with Gasteiger partial charge in [-0.1, -0.05) is 36.4 Å². The molecule has 2 atom stereocenters. The number of nitrogens with zero attached hydrogens (tertiary/aromatic N) is 1. The van der Waals surface area contributed by atoms with Crippen LogP contribution in [0.1, 0.15) is 12.0 Å². The summed E-state index contributed by atoms with van der Waals surface area (Å²) in [5, 5.41) is 0. The zero-order chi connectivity index (χ0) is 18.5. The van der Waals surface area contributed by atoms with Gasteiger partial charge in [0.05, 0.1) is 0 Å². The number of pyridine rings is 1. The molecule has 25 heavy (non-hydrogen) atoms. The Morgan fingerprint density at radius 1 is 1.08 bits per heavy atom. The molecule has 8 nitrogen and oxygen atoms in total. The van der Waals surface area contributed by atoms with Crippen LogP contribution in [0.25, 0.3) is 0 Å². The molecule has 136 valence electrons. The first kappa shape index (κ1) is 19.6. The second kappa shape index (κ2) is 8.07. The summed E-state index contributed by atoms with van der Waals surface area (Å²) in [6.07, 6.45) is 0.146. The van der Waals surface area contributed by atoms with E-state index in [4.69, 9.17) is 4.74 Å². The molecule has 2 unspecified atom stereocenters. The lowest BCUT2D eigenvalue weighted by atomic mass is 10.1. The third kappa shape index (κ3) is 6.22. The van der Waals surface area contributed by atoms with E-state index in [1.54, 1.807) is 42.5 Å². The van der Waals surface area contributed by atoms with Crippen molar-refractivity contribution in [2.75, 3.05) is 0 Å².